The summed E-state index contributed by atoms with van der Waals surface area (Å²) in [5.74, 6) is 0.458. The van der Waals surface area contributed by atoms with E-state index in [0.29, 0.717) is 5.88 Å². The van der Waals surface area contributed by atoms with Crippen LogP contribution in [-0.4, -0.2) is 41.0 Å². The molecule has 2 aliphatic rings. The van der Waals surface area contributed by atoms with E-state index in [1.807, 2.05) is 60.6 Å². The average Bonchev–Trinajstić information content (AvgIpc) is 2.82. The van der Waals surface area contributed by atoms with Gasteiger partial charge in [0.05, 0.1) is 17.1 Å². The molecule has 2 heterocycles. The molecule has 1 aromatic heterocycles. The number of nitrogens with zero attached hydrogens (tertiary/aromatic N) is 1. The third kappa shape index (κ3) is 5.31. The van der Waals surface area contributed by atoms with Crippen LogP contribution in [0, 0.1) is 5.92 Å². The van der Waals surface area contributed by atoms with Crippen molar-refractivity contribution in [2.24, 2.45) is 5.92 Å². The molecular weight excluding hydrogens is 369 g/mol. The highest BCUT2D eigenvalue weighted by Gasteiger charge is 2.51. The van der Waals surface area contributed by atoms with Gasteiger partial charge in [-0.25, -0.2) is 4.98 Å². The Labute approximate surface area is 174 Å². The minimum absolute atomic E-state index is 0.0345. The van der Waals surface area contributed by atoms with Gasteiger partial charge in [0.2, 0.25) is 5.88 Å². The molecule has 7 heteroatoms. The summed E-state index contributed by atoms with van der Waals surface area (Å²) in [6.07, 6.45) is 5.04. The Morgan fingerprint density at radius 2 is 1.66 bits per heavy atom. The molecule has 0 unspecified atom stereocenters. The summed E-state index contributed by atoms with van der Waals surface area (Å²) >= 11 is 0. The number of esters is 1. The molecule has 0 aromatic carbocycles. The second-order valence-electron chi connectivity index (χ2n) is 10.1. The van der Waals surface area contributed by atoms with Crippen molar-refractivity contribution in [3.63, 3.8) is 0 Å². The van der Waals surface area contributed by atoms with Gasteiger partial charge in [-0.05, 0) is 80.2 Å². The molecule has 160 valence electrons. The third-order valence-corrected chi connectivity index (χ3v) is 5.99. The van der Waals surface area contributed by atoms with Crippen LogP contribution in [0.3, 0.4) is 0 Å². The Balaban J connectivity index is 1.51. The van der Waals surface area contributed by atoms with Crippen molar-refractivity contribution in [1.82, 2.24) is 4.98 Å². The number of carbonyl (C=O) groups is 1. The van der Waals surface area contributed by atoms with E-state index < -0.39 is 12.7 Å². The summed E-state index contributed by atoms with van der Waals surface area (Å²) in [5, 5.41) is 0. The topological polar surface area (TPSA) is 66.9 Å². The number of ether oxygens (including phenoxy) is 2. The predicted molar refractivity (Wildman–Crippen MR) is 112 cm³/mol. The molecule has 1 aliphatic carbocycles. The lowest BCUT2D eigenvalue weighted by molar-refractivity contribution is -0.161. The first-order valence-corrected chi connectivity index (χ1v) is 10.6. The lowest BCUT2D eigenvalue weighted by Gasteiger charge is -2.32. The van der Waals surface area contributed by atoms with Gasteiger partial charge in [0.25, 0.3) is 0 Å². The molecule has 0 N–H and O–H groups in total. The molecule has 29 heavy (non-hydrogen) atoms. The first-order chi connectivity index (χ1) is 13.4. The van der Waals surface area contributed by atoms with Gasteiger partial charge in [-0.15, -0.1) is 0 Å². The molecule has 1 aliphatic heterocycles. The molecule has 0 bridgehead atoms. The Morgan fingerprint density at radius 1 is 1.07 bits per heavy atom. The summed E-state index contributed by atoms with van der Waals surface area (Å²) in [4.78, 5) is 16.7. The fraction of sp³-hybridized carbons (Fsp3) is 0.727. The number of carbonyl (C=O) groups excluding carboxylic acids is 1. The smallest absolute Gasteiger partial charge is 0.474 e. The van der Waals surface area contributed by atoms with E-state index >= 15 is 0 Å². The van der Waals surface area contributed by atoms with Crippen molar-refractivity contribution < 1.29 is 23.6 Å². The molecular formula is C22H34BNO5. The van der Waals surface area contributed by atoms with Gasteiger partial charge in [-0.1, -0.05) is 6.07 Å². The van der Waals surface area contributed by atoms with Crippen LogP contribution in [-0.2, 0) is 18.8 Å². The van der Waals surface area contributed by atoms with Crippen LogP contribution in [0.1, 0.15) is 74.1 Å². The Hall–Kier alpha value is -1.60. The third-order valence-electron chi connectivity index (χ3n) is 5.99. The van der Waals surface area contributed by atoms with Crippen molar-refractivity contribution in [1.29, 1.82) is 0 Å². The zero-order valence-corrected chi connectivity index (χ0v) is 18.8. The predicted octanol–water partition coefficient (Wildman–Crippen LogP) is 3.66. The number of hydrogen-bond acceptors (Lipinski definition) is 6. The standard InChI is InChI=1S/C22H34BNO5/c1-20(2,3)27-19(25)15-8-11-17(12-9-15)26-18-13-10-16(14-24-18)23-28-21(4,5)22(6,7)29-23/h10,13-15,17H,8-9,11-12H2,1-7H3/t15-,17+. The van der Waals surface area contributed by atoms with Crippen LogP contribution in [0.5, 0.6) is 5.88 Å². The van der Waals surface area contributed by atoms with Gasteiger partial charge in [0.15, 0.2) is 0 Å². The van der Waals surface area contributed by atoms with Gasteiger partial charge >= 0.3 is 13.1 Å². The Morgan fingerprint density at radius 3 is 2.14 bits per heavy atom. The minimum atomic E-state index is -0.437. The van der Waals surface area contributed by atoms with Gasteiger partial charge in [-0.3, -0.25) is 4.79 Å². The Bertz CT molecular complexity index is 702. The molecule has 2 fully saturated rings. The maximum Gasteiger partial charge on any atom is 0.496 e. The van der Waals surface area contributed by atoms with E-state index in [4.69, 9.17) is 18.8 Å². The summed E-state index contributed by atoms with van der Waals surface area (Å²) in [5.41, 5.74) is -0.309. The highest BCUT2D eigenvalue weighted by Crippen LogP contribution is 2.36. The van der Waals surface area contributed by atoms with E-state index in [0.717, 1.165) is 31.1 Å². The first-order valence-electron chi connectivity index (χ1n) is 10.6. The molecule has 3 rings (SSSR count). The molecule has 1 saturated heterocycles. The normalized spacial score (nSPS) is 26.2. The molecule has 0 amide bonds. The minimum Gasteiger partial charge on any atom is -0.474 e. The number of rotatable bonds is 4. The second-order valence-corrected chi connectivity index (χ2v) is 10.1. The largest absolute Gasteiger partial charge is 0.496 e. The maximum absolute atomic E-state index is 12.2. The van der Waals surface area contributed by atoms with Gasteiger partial charge < -0.3 is 18.8 Å². The van der Waals surface area contributed by atoms with E-state index in [2.05, 4.69) is 4.98 Å². The lowest BCUT2D eigenvalue weighted by atomic mass is 9.80. The van der Waals surface area contributed by atoms with Crippen LogP contribution in [0.15, 0.2) is 18.3 Å². The van der Waals surface area contributed by atoms with E-state index in [1.54, 1.807) is 6.20 Å². The van der Waals surface area contributed by atoms with Crippen LogP contribution < -0.4 is 10.2 Å². The van der Waals surface area contributed by atoms with Crippen LogP contribution in [0.2, 0.25) is 0 Å². The number of pyridine rings is 1. The Kier molecular flexibility index (Phi) is 6.03. The number of hydrogen-bond donors (Lipinski definition) is 0. The van der Waals surface area contributed by atoms with Crippen molar-refractivity contribution in [3.8, 4) is 5.88 Å². The fourth-order valence-electron chi connectivity index (χ4n) is 3.55. The average molecular weight is 403 g/mol. The van der Waals surface area contributed by atoms with E-state index in [1.165, 1.54) is 0 Å². The highest BCUT2D eigenvalue weighted by molar-refractivity contribution is 6.62. The summed E-state index contributed by atoms with van der Waals surface area (Å²) in [6, 6.07) is 3.80. The summed E-state index contributed by atoms with van der Waals surface area (Å²) in [6.45, 7) is 13.8. The van der Waals surface area contributed by atoms with Gasteiger partial charge in [0, 0.05) is 11.7 Å². The zero-order valence-electron chi connectivity index (χ0n) is 18.8. The SMILES string of the molecule is CC(C)(C)OC(=O)[C@H]1CC[C@@H](Oc2ccc(B3OC(C)(C)C(C)(C)O3)cn2)CC1. The highest BCUT2D eigenvalue weighted by atomic mass is 16.7. The lowest BCUT2D eigenvalue weighted by Crippen LogP contribution is -2.41. The van der Waals surface area contributed by atoms with Crippen molar-refractivity contribution in [2.45, 2.75) is 97.1 Å². The van der Waals surface area contributed by atoms with Crippen LogP contribution in [0.25, 0.3) is 0 Å². The van der Waals surface area contributed by atoms with E-state index in [9.17, 15) is 4.79 Å². The van der Waals surface area contributed by atoms with Crippen LogP contribution in [0.4, 0.5) is 0 Å². The zero-order chi connectivity index (χ0) is 21.4. The molecule has 1 aromatic rings. The van der Waals surface area contributed by atoms with Crippen molar-refractivity contribution >= 4 is 18.6 Å². The summed E-state index contributed by atoms with van der Waals surface area (Å²) in [7, 11) is -0.425. The quantitative estimate of drug-likeness (QED) is 0.565. The molecule has 0 radical (unpaired) electrons. The van der Waals surface area contributed by atoms with Crippen LogP contribution >= 0.6 is 0 Å². The molecule has 0 atom stereocenters. The fourth-order valence-corrected chi connectivity index (χ4v) is 3.55. The summed E-state index contributed by atoms with van der Waals surface area (Å²) < 4.78 is 23.7. The molecule has 1 saturated carbocycles. The first kappa shape index (κ1) is 22.1. The second kappa shape index (κ2) is 7.91. The number of aromatic nitrogens is 1. The molecule has 0 spiro atoms. The van der Waals surface area contributed by atoms with E-state index in [-0.39, 0.29) is 29.2 Å². The monoisotopic (exact) mass is 403 g/mol. The van der Waals surface area contributed by atoms with Gasteiger partial charge in [0.1, 0.15) is 11.7 Å². The maximum atomic E-state index is 12.2. The van der Waals surface area contributed by atoms with Crippen molar-refractivity contribution in [2.75, 3.05) is 0 Å². The van der Waals surface area contributed by atoms with Crippen molar-refractivity contribution in [3.05, 3.63) is 18.3 Å². The van der Waals surface area contributed by atoms with Gasteiger partial charge in [-0.2, -0.15) is 0 Å². The molecule has 6 nitrogen and oxygen atoms in total.